The third kappa shape index (κ3) is 2.07. The van der Waals surface area contributed by atoms with Crippen molar-refractivity contribution in [2.75, 3.05) is 7.11 Å². The van der Waals surface area contributed by atoms with Crippen LogP contribution in [0.15, 0.2) is 20.5 Å². The maximum Gasteiger partial charge on any atom is 0.337 e. The zero-order valence-electron chi connectivity index (χ0n) is 7.58. The number of hydrogen-bond donors (Lipinski definition) is 0. The third-order valence-corrected chi connectivity index (χ3v) is 3.90. The summed E-state index contributed by atoms with van der Waals surface area (Å²) in [5.41, 5.74) is 1.37. The molecule has 3 nitrogen and oxygen atoms in total. The Bertz CT molecular complexity index is 538. The molecule has 0 aliphatic heterocycles. The molecule has 15 heavy (non-hydrogen) atoms. The van der Waals surface area contributed by atoms with Crippen LogP contribution in [-0.2, 0) is 4.74 Å². The average molecular weight is 351 g/mol. The van der Waals surface area contributed by atoms with Crippen LogP contribution in [0, 0.1) is 0 Å². The fraction of sp³-hybridized carbons (Fsp3) is 0.111. The van der Waals surface area contributed by atoms with Gasteiger partial charge in [0.25, 0.3) is 0 Å². The molecule has 0 unspecified atom stereocenters. The lowest BCUT2D eigenvalue weighted by molar-refractivity contribution is 0.0601. The Hall–Kier alpha value is -0.460. The Balaban J connectivity index is 2.66. The highest BCUT2D eigenvalue weighted by molar-refractivity contribution is 9.11. The average Bonchev–Trinajstić information content (AvgIpc) is 2.58. The fourth-order valence-corrected chi connectivity index (χ4v) is 3.33. The van der Waals surface area contributed by atoms with Crippen LogP contribution in [0.1, 0.15) is 10.4 Å². The second kappa shape index (κ2) is 4.19. The summed E-state index contributed by atoms with van der Waals surface area (Å²) in [6.45, 7) is 0. The molecule has 1 heterocycles. The van der Waals surface area contributed by atoms with Crippen LogP contribution >= 0.6 is 43.2 Å². The Morgan fingerprint density at radius 2 is 2.20 bits per heavy atom. The van der Waals surface area contributed by atoms with Crippen LogP contribution in [0.3, 0.4) is 0 Å². The van der Waals surface area contributed by atoms with Gasteiger partial charge in [-0.25, -0.2) is 9.78 Å². The molecule has 2 rings (SSSR count). The lowest BCUT2D eigenvalue weighted by Gasteiger charge is -1.99. The molecule has 0 aliphatic carbocycles. The number of nitrogens with zero attached hydrogens (tertiary/aromatic N) is 1. The van der Waals surface area contributed by atoms with Gasteiger partial charge in [0, 0.05) is 4.47 Å². The van der Waals surface area contributed by atoms with Crippen LogP contribution in [0.2, 0.25) is 0 Å². The SMILES string of the molecule is COC(=O)c1cc(Br)c2nc(Br)sc2c1. The summed E-state index contributed by atoms with van der Waals surface area (Å²) < 4.78 is 7.19. The van der Waals surface area contributed by atoms with Gasteiger partial charge in [-0.15, -0.1) is 11.3 Å². The maximum absolute atomic E-state index is 11.3. The van der Waals surface area contributed by atoms with Crippen molar-refractivity contribution >= 4 is 59.4 Å². The van der Waals surface area contributed by atoms with Gasteiger partial charge in [0.15, 0.2) is 3.92 Å². The number of carbonyl (C=O) groups excluding carboxylic acids is 1. The number of rotatable bonds is 1. The molecule has 2 aromatic rings. The third-order valence-electron chi connectivity index (χ3n) is 1.84. The first-order valence-corrected chi connectivity index (χ1v) is 6.36. The van der Waals surface area contributed by atoms with E-state index >= 15 is 0 Å². The molecule has 0 N–H and O–H groups in total. The monoisotopic (exact) mass is 349 g/mol. The number of esters is 1. The standard InChI is InChI=1S/C9H5Br2NO2S/c1-14-8(13)4-2-5(10)7-6(3-4)15-9(11)12-7/h2-3H,1H3. The largest absolute Gasteiger partial charge is 0.465 e. The van der Waals surface area contributed by atoms with E-state index in [1.165, 1.54) is 18.4 Å². The Morgan fingerprint density at radius 1 is 1.47 bits per heavy atom. The van der Waals surface area contributed by atoms with E-state index in [0.29, 0.717) is 5.56 Å². The number of methoxy groups -OCH3 is 1. The normalized spacial score (nSPS) is 10.6. The van der Waals surface area contributed by atoms with Gasteiger partial charge in [-0.05, 0) is 44.0 Å². The minimum Gasteiger partial charge on any atom is -0.465 e. The molecule has 0 bridgehead atoms. The van der Waals surface area contributed by atoms with Crippen molar-refractivity contribution in [2.24, 2.45) is 0 Å². The van der Waals surface area contributed by atoms with Crippen molar-refractivity contribution in [3.05, 3.63) is 26.1 Å². The van der Waals surface area contributed by atoms with E-state index < -0.39 is 0 Å². The number of benzene rings is 1. The zero-order valence-corrected chi connectivity index (χ0v) is 11.6. The molecule has 0 saturated carbocycles. The summed E-state index contributed by atoms with van der Waals surface area (Å²) in [5.74, 6) is -0.345. The molecule has 0 saturated heterocycles. The first kappa shape index (κ1) is 11.0. The number of halogens is 2. The van der Waals surface area contributed by atoms with E-state index in [9.17, 15) is 4.79 Å². The van der Waals surface area contributed by atoms with Gasteiger partial charge in [0.05, 0.1) is 22.9 Å². The molecule has 0 fully saturated rings. The summed E-state index contributed by atoms with van der Waals surface area (Å²) in [7, 11) is 1.36. The zero-order chi connectivity index (χ0) is 11.0. The molecule has 0 aliphatic rings. The predicted octanol–water partition coefficient (Wildman–Crippen LogP) is 3.61. The molecule has 1 aromatic carbocycles. The predicted molar refractivity (Wildman–Crippen MR) is 66.4 cm³/mol. The Kier molecular flexibility index (Phi) is 3.08. The molecule has 0 radical (unpaired) electrons. The van der Waals surface area contributed by atoms with Crippen molar-refractivity contribution in [2.45, 2.75) is 0 Å². The van der Waals surface area contributed by atoms with E-state index in [1.54, 1.807) is 12.1 Å². The second-order valence-corrected chi connectivity index (χ2v) is 5.92. The number of hydrogen-bond acceptors (Lipinski definition) is 4. The second-order valence-electron chi connectivity index (χ2n) is 2.76. The molecular weight excluding hydrogens is 346 g/mol. The minimum atomic E-state index is -0.345. The molecular formula is C9H5Br2NO2S. The molecule has 6 heteroatoms. The summed E-state index contributed by atoms with van der Waals surface area (Å²) >= 11 is 8.16. The smallest absolute Gasteiger partial charge is 0.337 e. The van der Waals surface area contributed by atoms with Gasteiger partial charge >= 0.3 is 5.97 Å². The van der Waals surface area contributed by atoms with E-state index in [1.807, 2.05) is 0 Å². The summed E-state index contributed by atoms with van der Waals surface area (Å²) in [4.78, 5) is 15.6. The van der Waals surface area contributed by atoms with Gasteiger partial charge in [-0.1, -0.05) is 0 Å². The van der Waals surface area contributed by atoms with Gasteiger partial charge in [0.1, 0.15) is 0 Å². The Labute approximate surface area is 107 Å². The van der Waals surface area contributed by atoms with Crippen LogP contribution in [0.5, 0.6) is 0 Å². The van der Waals surface area contributed by atoms with Crippen LogP contribution < -0.4 is 0 Å². The fourth-order valence-electron chi connectivity index (χ4n) is 1.20. The van der Waals surface area contributed by atoms with Crippen molar-refractivity contribution in [1.29, 1.82) is 0 Å². The van der Waals surface area contributed by atoms with Crippen LogP contribution in [0.4, 0.5) is 0 Å². The molecule has 1 aromatic heterocycles. The van der Waals surface area contributed by atoms with E-state index in [0.717, 1.165) is 18.6 Å². The first-order chi connectivity index (χ1) is 7.11. The minimum absolute atomic E-state index is 0.345. The van der Waals surface area contributed by atoms with E-state index in [-0.39, 0.29) is 5.97 Å². The number of fused-ring (bicyclic) bond motifs is 1. The number of aromatic nitrogens is 1. The lowest BCUT2D eigenvalue weighted by atomic mass is 10.2. The molecule has 0 spiro atoms. The highest BCUT2D eigenvalue weighted by Crippen LogP contribution is 2.32. The Morgan fingerprint density at radius 3 is 2.87 bits per heavy atom. The van der Waals surface area contributed by atoms with Crippen LogP contribution in [0.25, 0.3) is 10.2 Å². The lowest BCUT2D eigenvalue weighted by Crippen LogP contribution is -2.00. The molecule has 0 amide bonds. The number of carbonyl (C=O) groups is 1. The number of ether oxygens (including phenoxy) is 1. The summed E-state index contributed by atoms with van der Waals surface area (Å²) in [6, 6.07) is 3.48. The summed E-state index contributed by atoms with van der Waals surface area (Å²) in [5, 5.41) is 0. The highest BCUT2D eigenvalue weighted by atomic mass is 79.9. The summed E-state index contributed by atoms with van der Waals surface area (Å²) in [6.07, 6.45) is 0. The van der Waals surface area contributed by atoms with Crippen molar-refractivity contribution in [3.63, 3.8) is 0 Å². The van der Waals surface area contributed by atoms with Gasteiger partial charge in [-0.3, -0.25) is 0 Å². The van der Waals surface area contributed by atoms with Crippen LogP contribution in [-0.4, -0.2) is 18.1 Å². The van der Waals surface area contributed by atoms with Gasteiger partial charge in [0.2, 0.25) is 0 Å². The van der Waals surface area contributed by atoms with Crippen molar-refractivity contribution < 1.29 is 9.53 Å². The molecule has 78 valence electrons. The first-order valence-electron chi connectivity index (χ1n) is 3.95. The quantitative estimate of drug-likeness (QED) is 0.737. The maximum atomic E-state index is 11.3. The van der Waals surface area contributed by atoms with Gasteiger partial charge < -0.3 is 4.74 Å². The topological polar surface area (TPSA) is 39.2 Å². The van der Waals surface area contributed by atoms with Crippen molar-refractivity contribution in [3.8, 4) is 0 Å². The molecule has 0 atom stereocenters. The van der Waals surface area contributed by atoms with E-state index in [2.05, 4.69) is 41.6 Å². The van der Waals surface area contributed by atoms with Crippen molar-refractivity contribution in [1.82, 2.24) is 4.98 Å². The van der Waals surface area contributed by atoms with Gasteiger partial charge in [-0.2, -0.15) is 0 Å². The highest BCUT2D eigenvalue weighted by Gasteiger charge is 2.12. The number of thiazole rings is 1. The van der Waals surface area contributed by atoms with E-state index in [4.69, 9.17) is 0 Å².